The smallest absolute Gasteiger partial charge is 0.266 e. The van der Waals surface area contributed by atoms with Crippen LogP contribution in [0, 0.1) is 5.92 Å². The molecule has 1 saturated heterocycles. The zero-order valence-corrected chi connectivity index (χ0v) is 13.7. The molecular formula is C17H26N4O2. The monoisotopic (exact) mass is 318 g/mol. The van der Waals surface area contributed by atoms with E-state index in [1.165, 1.54) is 36.4 Å². The van der Waals surface area contributed by atoms with Crippen molar-refractivity contribution in [2.24, 2.45) is 5.92 Å². The van der Waals surface area contributed by atoms with E-state index in [1.807, 2.05) is 4.90 Å². The van der Waals surface area contributed by atoms with Crippen molar-refractivity contribution in [2.45, 2.75) is 38.6 Å². The van der Waals surface area contributed by atoms with Gasteiger partial charge in [0.15, 0.2) is 0 Å². The maximum atomic E-state index is 12.3. The second kappa shape index (κ2) is 7.73. The zero-order valence-electron chi connectivity index (χ0n) is 13.7. The molecule has 1 amide bonds. The van der Waals surface area contributed by atoms with E-state index in [9.17, 15) is 9.59 Å². The molecule has 126 valence electrons. The Morgan fingerprint density at radius 1 is 1.13 bits per heavy atom. The molecule has 0 aromatic carbocycles. The lowest BCUT2D eigenvalue weighted by Crippen LogP contribution is -2.49. The minimum Gasteiger partial charge on any atom is -0.340 e. The van der Waals surface area contributed by atoms with Crippen molar-refractivity contribution in [1.29, 1.82) is 0 Å². The number of aromatic nitrogens is 2. The molecule has 6 heteroatoms. The summed E-state index contributed by atoms with van der Waals surface area (Å²) < 4.78 is 1.50. The maximum absolute atomic E-state index is 12.3. The quantitative estimate of drug-likeness (QED) is 0.812. The molecule has 0 atom stereocenters. The first kappa shape index (κ1) is 16.2. The van der Waals surface area contributed by atoms with Crippen LogP contribution in [-0.4, -0.2) is 58.2 Å². The van der Waals surface area contributed by atoms with Crippen LogP contribution in [0.1, 0.15) is 32.1 Å². The van der Waals surface area contributed by atoms with Gasteiger partial charge in [0.05, 0.1) is 6.54 Å². The van der Waals surface area contributed by atoms with Gasteiger partial charge in [0.25, 0.3) is 5.56 Å². The molecule has 1 aromatic rings. The van der Waals surface area contributed by atoms with Crippen LogP contribution >= 0.6 is 0 Å². The van der Waals surface area contributed by atoms with Gasteiger partial charge in [0.2, 0.25) is 5.91 Å². The molecule has 2 heterocycles. The van der Waals surface area contributed by atoms with E-state index < -0.39 is 0 Å². The highest BCUT2D eigenvalue weighted by Gasteiger charge is 2.24. The van der Waals surface area contributed by atoms with Crippen LogP contribution in [0.5, 0.6) is 0 Å². The highest BCUT2D eigenvalue weighted by atomic mass is 16.2. The van der Waals surface area contributed by atoms with Gasteiger partial charge in [-0.2, -0.15) is 5.10 Å². The number of carbonyl (C=O) groups excluding carboxylic acids is 1. The second-order valence-electron chi connectivity index (χ2n) is 6.66. The van der Waals surface area contributed by atoms with Crippen LogP contribution in [0.25, 0.3) is 0 Å². The number of hydrogen-bond donors (Lipinski definition) is 0. The number of nitrogens with zero attached hydrogens (tertiary/aromatic N) is 4. The molecule has 1 aliphatic heterocycles. The minimum atomic E-state index is -0.0575. The Bertz CT molecular complexity index is 572. The largest absolute Gasteiger partial charge is 0.340 e. The molecule has 0 N–H and O–H groups in total. The lowest BCUT2D eigenvalue weighted by molar-refractivity contribution is -0.133. The summed E-state index contributed by atoms with van der Waals surface area (Å²) in [5.74, 6) is 0.953. The predicted molar refractivity (Wildman–Crippen MR) is 88.1 cm³/mol. The minimum absolute atomic E-state index is 0.0575. The molecule has 2 aliphatic rings. The third-order valence-electron chi connectivity index (χ3n) is 5.08. The molecule has 1 aromatic heterocycles. The molecule has 0 spiro atoms. The molecule has 0 bridgehead atoms. The Morgan fingerprint density at radius 3 is 2.57 bits per heavy atom. The van der Waals surface area contributed by atoms with Crippen molar-refractivity contribution in [2.75, 3.05) is 32.7 Å². The highest BCUT2D eigenvalue weighted by Crippen LogP contribution is 2.28. The van der Waals surface area contributed by atoms with Crippen LogP contribution < -0.4 is 5.56 Å². The van der Waals surface area contributed by atoms with Crippen LogP contribution in [0.3, 0.4) is 0 Å². The standard InChI is InChI=1S/C17H26N4O2/c22-16-6-3-7-18-21(16)13-10-19-8-11-20(12-9-19)17(23)14-15-4-1-2-5-15/h3,6-7,15H,1-2,4-5,8-14H2. The van der Waals surface area contributed by atoms with Crippen LogP contribution in [0.15, 0.2) is 23.1 Å². The summed E-state index contributed by atoms with van der Waals surface area (Å²) >= 11 is 0. The molecule has 2 fully saturated rings. The van der Waals surface area contributed by atoms with Crippen LogP contribution in [-0.2, 0) is 11.3 Å². The van der Waals surface area contributed by atoms with Crippen LogP contribution in [0.2, 0.25) is 0 Å². The Balaban J connectivity index is 1.40. The summed E-state index contributed by atoms with van der Waals surface area (Å²) in [5.41, 5.74) is -0.0575. The maximum Gasteiger partial charge on any atom is 0.266 e. The SMILES string of the molecule is O=C(CC1CCCC1)N1CCN(CCn2ncccc2=O)CC1. The van der Waals surface area contributed by atoms with Gasteiger partial charge in [0, 0.05) is 51.4 Å². The van der Waals surface area contributed by atoms with E-state index in [-0.39, 0.29) is 5.56 Å². The van der Waals surface area contributed by atoms with E-state index in [4.69, 9.17) is 0 Å². The molecule has 0 radical (unpaired) electrons. The number of rotatable bonds is 5. The molecular weight excluding hydrogens is 292 g/mol. The van der Waals surface area contributed by atoms with Crippen molar-refractivity contribution in [3.8, 4) is 0 Å². The van der Waals surface area contributed by atoms with Crippen LogP contribution in [0.4, 0.5) is 0 Å². The molecule has 23 heavy (non-hydrogen) atoms. The third-order valence-corrected chi connectivity index (χ3v) is 5.08. The van der Waals surface area contributed by atoms with E-state index in [0.717, 1.165) is 39.1 Å². The molecule has 3 rings (SSSR count). The Morgan fingerprint density at radius 2 is 1.87 bits per heavy atom. The van der Waals surface area contributed by atoms with Crippen molar-refractivity contribution in [3.05, 3.63) is 28.7 Å². The van der Waals surface area contributed by atoms with E-state index in [1.54, 1.807) is 12.3 Å². The number of carbonyl (C=O) groups is 1. The van der Waals surface area contributed by atoms with Gasteiger partial charge in [-0.05, 0) is 24.8 Å². The van der Waals surface area contributed by atoms with Crippen molar-refractivity contribution in [3.63, 3.8) is 0 Å². The first-order chi connectivity index (χ1) is 11.2. The van der Waals surface area contributed by atoms with Gasteiger partial charge in [-0.25, -0.2) is 4.68 Å². The third kappa shape index (κ3) is 4.41. The zero-order chi connectivity index (χ0) is 16.1. The lowest BCUT2D eigenvalue weighted by Gasteiger charge is -2.35. The topological polar surface area (TPSA) is 58.4 Å². The highest BCUT2D eigenvalue weighted by molar-refractivity contribution is 5.76. The van der Waals surface area contributed by atoms with Gasteiger partial charge in [-0.1, -0.05) is 12.8 Å². The Labute approximate surface area is 137 Å². The normalized spacial score (nSPS) is 20.1. The first-order valence-corrected chi connectivity index (χ1v) is 8.74. The molecule has 0 unspecified atom stereocenters. The number of amides is 1. The Hall–Kier alpha value is -1.69. The van der Waals surface area contributed by atoms with E-state index in [2.05, 4.69) is 10.00 Å². The summed E-state index contributed by atoms with van der Waals surface area (Å²) in [7, 11) is 0. The molecule has 1 saturated carbocycles. The van der Waals surface area contributed by atoms with Gasteiger partial charge < -0.3 is 4.90 Å². The second-order valence-corrected chi connectivity index (χ2v) is 6.66. The summed E-state index contributed by atoms with van der Waals surface area (Å²) in [5, 5.41) is 4.08. The average molecular weight is 318 g/mol. The van der Waals surface area contributed by atoms with Crippen molar-refractivity contribution in [1.82, 2.24) is 19.6 Å². The van der Waals surface area contributed by atoms with Gasteiger partial charge in [0.1, 0.15) is 0 Å². The van der Waals surface area contributed by atoms with Gasteiger partial charge in [-0.3, -0.25) is 14.5 Å². The summed E-state index contributed by atoms with van der Waals surface area (Å²) in [6, 6.07) is 3.19. The van der Waals surface area contributed by atoms with Crippen molar-refractivity contribution < 1.29 is 4.79 Å². The Kier molecular flexibility index (Phi) is 5.43. The van der Waals surface area contributed by atoms with Gasteiger partial charge >= 0.3 is 0 Å². The number of piperazine rings is 1. The predicted octanol–water partition coefficient (Wildman–Crippen LogP) is 0.968. The van der Waals surface area contributed by atoms with E-state index >= 15 is 0 Å². The fourth-order valence-corrected chi connectivity index (χ4v) is 3.60. The summed E-state index contributed by atoms with van der Waals surface area (Å²) in [4.78, 5) is 28.3. The first-order valence-electron chi connectivity index (χ1n) is 8.74. The van der Waals surface area contributed by atoms with Crippen molar-refractivity contribution >= 4 is 5.91 Å². The fraction of sp³-hybridized carbons (Fsp3) is 0.706. The summed E-state index contributed by atoms with van der Waals surface area (Å²) in [6.07, 6.45) is 7.41. The van der Waals surface area contributed by atoms with Gasteiger partial charge in [-0.15, -0.1) is 0 Å². The lowest BCUT2D eigenvalue weighted by atomic mass is 10.0. The fourth-order valence-electron chi connectivity index (χ4n) is 3.60. The molecule has 1 aliphatic carbocycles. The summed E-state index contributed by atoms with van der Waals surface area (Å²) in [6.45, 7) is 4.80. The number of hydrogen-bond acceptors (Lipinski definition) is 4. The van der Waals surface area contributed by atoms with E-state index in [0.29, 0.717) is 18.4 Å². The molecule has 6 nitrogen and oxygen atoms in total. The average Bonchev–Trinajstić information content (AvgIpc) is 3.07.